The summed E-state index contributed by atoms with van der Waals surface area (Å²) in [7, 11) is 0. The summed E-state index contributed by atoms with van der Waals surface area (Å²) in [5.74, 6) is 0.0661. The summed E-state index contributed by atoms with van der Waals surface area (Å²) in [5.41, 5.74) is 0.728. The van der Waals surface area contributed by atoms with Gasteiger partial charge in [-0.15, -0.1) is 0 Å². The predicted octanol–water partition coefficient (Wildman–Crippen LogP) is 2.06. The average Bonchev–Trinajstić information content (AvgIpc) is 2.82. The fraction of sp³-hybridized carbons (Fsp3) is 0.474. The Balaban J connectivity index is 1.75. The molecule has 24 heavy (non-hydrogen) atoms. The van der Waals surface area contributed by atoms with Crippen LogP contribution in [-0.2, 0) is 11.3 Å². The number of aliphatic hydroxyl groups is 1. The van der Waals surface area contributed by atoms with Crippen LogP contribution in [0.2, 0.25) is 0 Å². The summed E-state index contributed by atoms with van der Waals surface area (Å²) in [6.07, 6.45) is 6.91. The maximum absolute atomic E-state index is 12.5. The number of rotatable bonds is 4. The number of hydrogen-bond acceptors (Lipinski definition) is 3. The molecule has 5 nitrogen and oxygen atoms in total. The Bertz CT molecular complexity index is 769. The second-order valence-corrected chi connectivity index (χ2v) is 6.58. The van der Waals surface area contributed by atoms with Crippen LogP contribution in [0.5, 0.6) is 0 Å². The van der Waals surface area contributed by atoms with Gasteiger partial charge in [0.2, 0.25) is 5.91 Å². The zero-order valence-electron chi connectivity index (χ0n) is 13.8. The van der Waals surface area contributed by atoms with E-state index in [1.54, 1.807) is 16.8 Å². The number of nitrogens with one attached hydrogen (secondary N) is 1. The van der Waals surface area contributed by atoms with Crippen LogP contribution in [0.15, 0.2) is 41.3 Å². The van der Waals surface area contributed by atoms with Crippen LogP contribution < -0.4 is 10.7 Å². The van der Waals surface area contributed by atoms with Gasteiger partial charge < -0.3 is 15.0 Å². The van der Waals surface area contributed by atoms with E-state index >= 15 is 0 Å². The molecule has 1 fully saturated rings. The van der Waals surface area contributed by atoms with Gasteiger partial charge in [0.25, 0.3) is 0 Å². The van der Waals surface area contributed by atoms with Crippen molar-refractivity contribution in [3.8, 4) is 0 Å². The SMILES string of the molecule is O=C(Cn1ccc(=O)c2ccccc21)NC1CCCCCC1CO. The Morgan fingerprint density at radius 1 is 1.17 bits per heavy atom. The van der Waals surface area contributed by atoms with E-state index in [2.05, 4.69) is 5.32 Å². The van der Waals surface area contributed by atoms with Crippen molar-refractivity contribution in [1.82, 2.24) is 9.88 Å². The minimum absolute atomic E-state index is 0.0358. The third-order valence-corrected chi connectivity index (χ3v) is 4.94. The van der Waals surface area contributed by atoms with E-state index in [1.807, 2.05) is 18.2 Å². The Morgan fingerprint density at radius 3 is 2.79 bits per heavy atom. The first kappa shape index (κ1) is 16.7. The number of aliphatic hydroxyl groups excluding tert-OH is 1. The van der Waals surface area contributed by atoms with Gasteiger partial charge in [-0.25, -0.2) is 0 Å². The van der Waals surface area contributed by atoms with Crippen LogP contribution in [0.3, 0.4) is 0 Å². The number of pyridine rings is 1. The molecule has 2 atom stereocenters. The lowest BCUT2D eigenvalue weighted by molar-refractivity contribution is -0.122. The number of fused-ring (bicyclic) bond motifs is 1. The van der Waals surface area contributed by atoms with E-state index in [9.17, 15) is 14.7 Å². The van der Waals surface area contributed by atoms with Gasteiger partial charge in [0.15, 0.2) is 5.43 Å². The maximum atomic E-state index is 12.5. The smallest absolute Gasteiger partial charge is 0.240 e. The highest BCUT2D eigenvalue weighted by Gasteiger charge is 2.24. The third kappa shape index (κ3) is 3.67. The van der Waals surface area contributed by atoms with Gasteiger partial charge in [0.1, 0.15) is 6.54 Å². The van der Waals surface area contributed by atoms with Crippen molar-refractivity contribution < 1.29 is 9.90 Å². The van der Waals surface area contributed by atoms with Crippen molar-refractivity contribution >= 4 is 16.8 Å². The molecule has 0 aliphatic heterocycles. The molecule has 0 radical (unpaired) electrons. The van der Waals surface area contributed by atoms with Crippen molar-refractivity contribution in [3.05, 3.63) is 46.8 Å². The minimum atomic E-state index is -0.0749. The van der Waals surface area contributed by atoms with E-state index in [-0.39, 0.29) is 36.4 Å². The van der Waals surface area contributed by atoms with Gasteiger partial charge in [-0.3, -0.25) is 9.59 Å². The number of para-hydroxylation sites is 1. The molecule has 2 N–H and O–H groups in total. The van der Waals surface area contributed by atoms with Crippen LogP contribution in [0.4, 0.5) is 0 Å². The van der Waals surface area contributed by atoms with Crippen LogP contribution in [0.1, 0.15) is 32.1 Å². The highest BCUT2D eigenvalue weighted by atomic mass is 16.3. The summed E-state index contributed by atoms with van der Waals surface area (Å²) in [5, 5.41) is 13.3. The highest BCUT2D eigenvalue weighted by Crippen LogP contribution is 2.23. The highest BCUT2D eigenvalue weighted by molar-refractivity contribution is 5.82. The molecule has 3 rings (SSSR count). The predicted molar refractivity (Wildman–Crippen MR) is 93.8 cm³/mol. The Hall–Kier alpha value is -2.14. The van der Waals surface area contributed by atoms with E-state index in [4.69, 9.17) is 0 Å². The number of hydrogen-bond donors (Lipinski definition) is 2. The Labute approximate surface area is 141 Å². The molecule has 1 aliphatic rings. The molecule has 2 aromatic rings. The topological polar surface area (TPSA) is 71.3 Å². The summed E-state index contributed by atoms with van der Waals surface area (Å²) < 4.78 is 1.80. The van der Waals surface area contributed by atoms with Crippen molar-refractivity contribution in [3.63, 3.8) is 0 Å². The zero-order chi connectivity index (χ0) is 16.9. The standard InChI is InChI=1S/C19H24N2O3/c22-13-14-6-2-1-3-8-16(14)20-19(24)12-21-11-10-18(23)15-7-4-5-9-17(15)21/h4-5,7,9-11,14,16,22H,1-3,6,8,12-13H2,(H,20,24). The lowest BCUT2D eigenvalue weighted by atomic mass is 9.95. The number of carbonyl (C=O) groups is 1. The molecule has 1 aliphatic carbocycles. The van der Waals surface area contributed by atoms with Gasteiger partial charge in [-0.1, -0.05) is 31.4 Å². The zero-order valence-corrected chi connectivity index (χ0v) is 13.8. The molecular formula is C19H24N2O3. The summed E-state index contributed by atoms with van der Waals surface area (Å²) in [6, 6.07) is 8.86. The first-order valence-corrected chi connectivity index (χ1v) is 8.67. The second kappa shape index (κ2) is 7.62. The maximum Gasteiger partial charge on any atom is 0.240 e. The van der Waals surface area contributed by atoms with Crippen LogP contribution >= 0.6 is 0 Å². The molecule has 0 spiro atoms. The van der Waals surface area contributed by atoms with Crippen LogP contribution in [0.25, 0.3) is 10.9 Å². The molecule has 1 aromatic heterocycles. The van der Waals surface area contributed by atoms with Crippen molar-refractivity contribution in [2.24, 2.45) is 5.92 Å². The third-order valence-electron chi connectivity index (χ3n) is 4.94. The molecule has 5 heteroatoms. The van der Waals surface area contributed by atoms with Gasteiger partial charge >= 0.3 is 0 Å². The lowest BCUT2D eigenvalue weighted by Gasteiger charge is -2.25. The molecular weight excluding hydrogens is 304 g/mol. The van der Waals surface area contributed by atoms with E-state index < -0.39 is 0 Å². The second-order valence-electron chi connectivity index (χ2n) is 6.58. The lowest BCUT2D eigenvalue weighted by Crippen LogP contribution is -2.42. The number of amides is 1. The Kier molecular flexibility index (Phi) is 5.30. The van der Waals surface area contributed by atoms with Crippen molar-refractivity contribution in [1.29, 1.82) is 0 Å². The fourth-order valence-electron chi connectivity index (χ4n) is 3.60. The molecule has 128 valence electrons. The van der Waals surface area contributed by atoms with Gasteiger partial charge in [-0.2, -0.15) is 0 Å². The summed E-state index contributed by atoms with van der Waals surface area (Å²) in [6.45, 7) is 0.293. The molecule has 1 heterocycles. The monoisotopic (exact) mass is 328 g/mol. The van der Waals surface area contributed by atoms with E-state index in [1.165, 1.54) is 6.07 Å². The van der Waals surface area contributed by atoms with Crippen LogP contribution in [0, 0.1) is 5.92 Å². The largest absolute Gasteiger partial charge is 0.396 e. The number of nitrogens with zero attached hydrogens (tertiary/aromatic N) is 1. The van der Waals surface area contributed by atoms with Gasteiger partial charge in [0.05, 0.1) is 5.52 Å². The number of benzene rings is 1. The molecule has 1 aromatic carbocycles. The first-order chi connectivity index (χ1) is 11.7. The summed E-state index contributed by atoms with van der Waals surface area (Å²) >= 11 is 0. The number of carbonyl (C=O) groups excluding carboxylic acids is 1. The average molecular weight is 328 g/mol. The van der Waals surface area contributed by atoms with Crippen molar-refractivity contribution in [2.75, 3.05) is 6.61 Å². The first-order valence-electron chi connectivity index (χ1n) is 8.67. The Morgan fingerprint density at radius 2 is 1.96 bits per heavy atom. The van der Waals surface area contributed by atoms with E-state index in [0.717, 1.165) is 37.6 Å². The molecule has 1 amide bonds. The minimum Gasteiger partial charge on any atom is -0.396 e. The molecule has 1 saturated carbocycles. The van der Waals surface area contributed by atoms with Crippen LogP contribution in [-0.4, -0.2) is 28.2 Å². The fourth-order valence-corrected chi connectivity index (χ4v) is 3.60. The molecule has 2 unspecified atom stereocenters. The van der Waals surface area contributed by atoms with Crippen molar-refractivity contribution in [2.45, 2.75) is 44.7 Å². The number of aromatic nitrogens is 1. The van der Waals surface area contributed by atoms with E-state index in [0.29, 0.717) is 5.39 Å². The molecule has 0 saturated heterocycles. The normalized spacial score (nSPS) is 21.4. The molecule has 0 bridgehead atoms. The van der Waals surface area contributed by atoms with Gasteiger partial charge in [0, 0.05) is 36.2 Å². The quantitative estimate of drug-likeness (QED) is 0.844. The summed E-state index contributed by atoms with van der Waals surface area (Å²) in [4.78, 5) is 24.4. The van der Waals surface area contributed by atoms with Gasteiger partial charge in [-0.05, 0) is 25.0 Å².